The summed E-state index contributed by atoms with van der Waals surface area (Å²) in [6, 6.07) is 13.3. The van der Waals surface area contributed by atoms with Crippen LogP contribution in [0.5, 0.6) is 11.5 Å². The van der Waals surface area contributed by atoms with Gasteiger partial charge in [0.25, 0.3) is 5.91 Å². The highest BCUT2D eigenvalue weighted by Gasteiger charge is 2.24. The third-order valence-electron chi connectivity index (χ3n) is 3.54. The van der Waals surface area contributed by atoms with Gasteiger partial charge in [0.05, 0.1) is 25.9 Å². The van der Waals surface area contributed by atoms with Crippen LogP contribution in [0.1, 0.15) is 22.8 Å². The van der Waals surface area contributed by atoms with Gasteiger partial charge in [-0.1, -0.05) is 12.1 Å². The topological polar surface area (TPSA) is 97.7 Å². The Bertz CT molecular complexity index is 835. The first-order chi connectivity index (χ1) is 12.5. The number of ether oxygens (including phenoxy) is 3. The lowest BCUT2D eigenvalue weighted by molar-refractivity contribution is -0.123. The Kier molecular flexibility index (Phi) is 6.17. The van der Waals surface area contributed by atoms with E-state index in [0.717, 1.165) is 0 Å². The smallest absolute Gasteiger partial charge is 0.346 e. The van der Waals surface area contributed by atoms with Crippen molar-refractivity contribution >= 4 is 17.6 Å². The van der Waals surface area contributed by atoms with E-state index in [1.165, 1.54) is 27.2 Å². The quantitative estimate of drug-likeness (QED) is 0.801. The minimum Gasteiger partial charge on any atom is -0.496 e. The minimum atomic E-state index is -1.07. The van der Waals surface area contributed by atoms with Gasteiger partial charge in [-0.15, -0.1) is 0 Å². The molecule has 0 saturated heterocycles. The van der Waals surface area contributed by atoms with Gasteiger partial charge in [-0.25, -0.2) is 4.79 Å². The van der Waals surface area contributed by atoms with Crippen LogP contribution in [-0.4, -0.2) is 32.2 Å². The molecule has 0 aromatic heterocycles. The highest BCUT2D eigenvalue weighted by Crippen LogP contribution is 2.29. The highest BCUT2D eigenvalue weighted by molar-refractivity contribution is 5.99. The lowest BCUT2D eigenvalue weighted by Gasteiger charge is -2.16. The summed E-state index contributed by atoms with van der Waals surface area (Å²) < 4.78 is 15.6. The number of nitrogens with one attached hydrogen (secondary N) is 1. The van der Waals surface area contributed by atoms with Crippen molar-refractivity contribution in [1.82, 2.24) is 0 Å². The summed E-state index contributed by atoms with van der Waals surface area (Å²) in [4.78, 5) is 24.7. The van der Waals surface area contributed by atoms with Crippen molar-refractivity contribution in [2.24, 2.45) is 0 Å². The molecule has 0 aliphatic rings. The van der Waals surface area contributed by atoms with Crippen LogP contribution < -0.4 is 14.8 Å². The molecule has 0 saturated carbocycles. The Balaban J connectivity index is 2.12. The number of anilines is 1. The fourth-order valence-corrected chi connectivity index (χ4v) is 2.24. The first-order valence-corrected chi connectivity index (χ1v) is 7.73. The molecular formula is C19H18N2O5. The lowest BCUT2D eigenvalue weighted by Crippen LogP contribution is -2.30. The molecule has 2 aromatic rings. The minimum absolute atomic E-state index is 0.101. The van der Waals surface area contributed by atoms with Gasteiger partial charge < -0.3 is 19.5 Å². The maximum absolute atomic E-state index is 12.5. The van der Waals surface area contributed by atoms with Gasteiger partial charge in [-0.05, 0) is 37.3 Å². The molecule has 1 amide bonds. The number of rotatable bonds is 6. The molecule has 26 heavy (non-hydrogen) atoms. The second-order valence-electron chi connectivity index (χ2n) is 5.27. The number of carbonyl (C=O) groups is 2. The lowest BCUT2D eigenvalue weighted by atomic mass is 10.1. The average molecular weight is 354 g/mol. The zero-order valence-corrected chi connectivity index (χ0v) is 14.6. The monoisotopic (exact) mass is 354 g/mol. The fourth-order valence-electron chi connectivity index (χ4n) is 2.24. The maximum atomic E-state index is 12.5. The summed E-state index contributed by atoms with van der Waals surface area (Å²) in [5.41, 5.74) is 0.946. The first kappa shape index (κ1) is 18.8. The molecule has 0 bridgehead atoms. The van der Waals surface area contributed by atoms with Gasteiger partial charge in [-0.3, -0.25) is 4.79 Å². The largest absolute Gasteiger partial charge is 0.496 e. The Morgan fingerprint density at radius 2 is 1.69 bits per heavy atom. The molecule has 1 atom stereocenters. The molecule has 0 spiro atoms. The third kappa shape index (κ3) is 4.30. The van der Waals surface area contributed by atoms with Crippen LogP contribution in [0.25, 0.3) is 0 Å². The molecule has 0 radical (unpaired) electrons. The number of amides is 1. The zero-order valence-electron chi connectivity index (χ0n) is 14.6. The Morgan fingerprint density at radius 3 is 2.27 bits per heavy atom. The summed E-state index contributed by atoms with van der Waals surface area (Å²) in [7, 11) is 2.84. The number of methoxy groups -OCH3 is 2. The van der Waals surface area contributed by atoms with Gasteiger partial charge in [-0.2, -0.15) is 5.26 Å². The number of hydrogen-bond donors (Lipinski definition) is 1. The van der Waals surface area contributed by atoms with E-state index in [9.17, 15) is 9.59 Å². The van der Waals surface area contributed by atoms with E-state index in [1.54, 1.807) is 36.4 Å². The van der Waals surface area contributed by atoms with Crippen molar-refractivity contribution in [2.45, 2.75) is 13.0 Å². The van der Waals surface area contributed by atoms with Gasteiger partial charge in [0, 0.05) is 5.69 Å². The average Bonchev–Trinajstić information content (AvgIpc) is 2.67. The van der Waals surface area contributed by atoms with E-state index < -0.39 is 18.0 Å². The normalized spacial score (nSPS) is 11.0. The molecule has 7 heteroatoms. The molecule has 2 rings (SSSR count). The molecule has 134 valence electrons. The SMILES string of the molecule is COc1cccc(OC)c1C(=O)O[C@@H](C)C(=O)Nc1cccc(C#N)c1. The van der Waals surface area contributed by atoms with Gasteiger partial charge in [0.2, 0.25) is 0 Å². The van der Waals surface area contributed by atoms with Crippen molar-refractivity contribution < 1.29 is 23.8 Å². The number of carbonyl (C=O) groups excluding carboxylic acids is 2. The number of hydrogen-bond acceptors (Lipinski definition) is 6. The van der Waals surface area contributed by atoms with Crippen LogP contribution in [0.4, 0.5) is 5.69 Å². The number of benzene rings is 2. The summed E-state index contributed by atoms with van der Waals surface area (Å²) in [6.07, 6.45) is -1.07. The molecule has 1 N–H and O–H groups in total. The number of nitrogens with zero attached hydrogens (tertiary/aromatic N) is 1. The van der Waals surface area contributed by atoms with Gasteiger partial charge >= 0.3 is 5.97 Å². The summed E-state index contributed by atoms with van der Waals surface area (Å²) >= 11 is 0. The molecule has 0 unspecified atom stereocenters. The summed E-state index contributed by atoms with van der Waals surface area (Å²) in [6.45, 7) is 1.45. The third-order valence-corrected chi connectivity index (χ3v) is 3.54. The Hall–Kier alpha value is -3.53. The number of nitriles is 1. The molecule has 0 heterocycles. The van der Waals surface area contributed by atoms with Crippen LogP contribution in [-0.2, 0) is 9.53 Å². The van der Waals surface area contributed by atoms with E-state index >= 15 is 0 Å². The van der Waals surface area contributed by atoms with Crippen molar-refractivity contribution in [3.05, 3.63) is 53.6 Å². The van der Waals surface area contributed by atoms with E-state index in [0.29, 0.717) is 11.3 Å². The molecular weight excluding hydrogens is 336 g/mol. The van der Waals surface area contributed by atoms with Crippen LogP contribution in [0.3, 0.4) is 0 Å². The second kappa shape index (κ2) is 8.53. The van der Waals surface area contributed by atoms with Crippen molar-refractivity contribution in [1.29, 1.82) is 5.26 Å². The van der Waals surface area contributed by atoms with Gasteiger partial charge in [0.15, 0.2) is 6.10 Å². The predicted octanol–water partition coefficient (Wildman–Crippen LogP) is 2.76. The van der Waals surface area contributed by atoms with Crippen LogP contribution in [0.15, 0.2) is 42.5 Å². The Morgan fingerprint density at radius 1 is 1.08 bits per heavy atom. The van der Waals surface area contributed by atoms with Crippen LogP contribution in [0, 0.1) is 11.3 Å². The highest BCUT2D eigenvalue weighted by atomic mass is 16.6. The molecule has 2 aromatic carbocycles. The molecule has 0 aliphatic heterocycles. The van der Waals surface area contributed by atoms with Crippen LogP contribution in [0.2, 0.25) is 0 Å². The standard InChI is InChI=1S/C19H18N2O5/c1-12(18(22)21-14-7-4-6-13(10-14)11-20)26-19(23)17-15(24-2)8-5-9-16(17)25-3/h4-10,12H,1-3H3,(H,21,22)/t12-/m0/s1. The predicted molar refractivity (Wildman–Crippen MR) is 94.2 cm³/mol. The van der Waals surface area contributed by atoms with E-state index in [4.69, 9.17) is 19.5 Å². The van der Waals surface area contributed by atoms with Crippen molar-refractivity contribution in [3.63, 3.8) is 0 Å². The van der Waals surface area contributed by atoms with Crippen molar-refractivity contribution in [2.75, 3.05) is 19.5 Å². The molecule has 0 fully saturated rings. The summed E-state index contributed by atoms with van der Waals surface area (Å²) in [5, 5.41) is 11.5. The fraction of sp³-hybridized carbons (Fsp3) is 0.211. The Labute approximate surface area is 151 Å². The van der Waals surface area contributed by atoms with E-state index in [-0.39, 0.29) is 17.1 Å². The van der Waals surface area contributed by atoms with Crippen LogP contribution >= 0.6 is 0 Å². The first-order valence-electron chi connectivity index (χ1n) is 7.73. The molecule has 0 aliphatic carbocycles. The second-order valence-corrected chi connectivity index (χ2v) is 5.27. The number of esters is 1. The van der Waals surface area contributed by atoms with E-state index in [1.807, 2.05) is 6.07 Å². The van der Waals surface area contributed by atoms with E-state index in [2.05, 4.69) is 5.32 Å². The van der Waals surface area contributed by atoms with Gasteiger partial charge in [0.1, 0.15) is 17.1 Å². The zero-order chi connectivity index (χ0) is 19.1. The summed E-state index contributed by atoms with van der Waals surface area (Å²) in [5.74, 6) is -0.706. The maximum Gasteiger partial charge on any atom is 0.346 e. The van der Waals surface area contributed by atoms with Crippen molar-refractivity contribution in [3.8, 4) is 17.6 Å². The molecule has 7 nitrogen and oxygen atoms in total.